The summed E-state index contributed by atoms with van der Waals surface area (Å²) in [6, 6.07) is 15.5. The number of benzene rings is 3. The van der Waals surface area contributed by atoms with Crippen molar-refractivity contribution in [3.8, 4) is 34.5 Å². The van der Waals surface area contributed by atoms with Crippen LogP contribution in [0.5, 0.6) is 34.5 Å². The minimum atomic E-state index is -0.929. The highest BCUT2D eigenvalue weighted by Gasteiger charge is 2.48. The number of β-lactam (4-membered cyclic amide) rings is 3. The summed E-state index contributed by atoms with van der Waals surface area (Å²) in [6.45, 7) is 6.14. The molecule has 0 bridgehead atoms. The maximum atomic E-state index is 12.0. The minimum absolute atomic E-state index is 0.00466. The maximum absolute atomic E-state index is 12.0. The Labute approximate surface area is 345 Å². The second-order valence-corrected chi connectivity index (χ2v) is 14.4. The van der Waals surface area contributed by atoms with E-state index in [1.807, 2.05) is 37.3 Å². The van der Waals surface area contributed by atoms with Crippen molar-refractivity contribution in [3.63, 3.8) is 0 Å². The summed E-state index contributed by atoms with van der Waals surface area (Å²) in [7, 11) is 9.45. The standard InChI is InChI=1S/C15H21NO5.C14H19NO4.C14H17NO4/c1-9-14(12(18)8-17)16(15(9)19)7-10-4-5-11(20-2)6-13(10)21-3;2*1-9-12(8-16)15(14(9)17)7-10-4-5-11(18-2)6-13(10)19-3/h4-6,9,12,14,17-18H,7-8H2,1-3H3;4-6,9,12,16H,7-8H2,1-3H3;4-6,8-9,12H,7H2,1-3H3/t9-,12-,14-;2*9-,12+/m000/s1. The van der Waals surface area contributed by atoms with E-state index in [-0.39, 0.29) is 66.8 Å². The van der Waals surface area contributed by atoms with Crippen molar-refractivity contribution in [3.05, 3.63) is 71.3 Å². The molecule has 16 nitrogen and oxygen atoms in total. The number of aliphatic hydroxyl groups excluding tert-OH is 3. The van der Waals surface area contributed by atoms with Crippen molar-refractivity contribution in [2.75, 3.05) is 55.9 Å². The van der Waals surface area contributed by atoms with Gasteiger partial charge in [0.2, 0.25) is 17.7 Å². The average Bonchev–Trinajstić information content (AvgIpc) is 3.28. The van der Waals surface area contributed by atoms with Crippen LogP contribution in [0.15, 0.2) is 54.6 Å². The molecule has 59 heavy (non-hydrogen) atoms. The molecule has 0 unspecified atom stereocenters. The lowest BCUT2D eigenvalue weighted by molar-refractivity contribution is -0.166. The molecule has 3 amide bonds. The van der Waals surface area contributed by atoms with E-state index in [0.717, 1.165) is 23.0 Å². The van der Waals surface area contributed by atoms with Gasteiger partial charge in [-0.15, -0.1) is 0 Å². The van der Waals surface area contributed by atoms with E-state index in [0.29, 0.717) is 54.1 Å². The lowest BCUT2D eigenvalue weighted by Gasteiger charge is -2.47. The highest BCUT2D eigenvalue weighted by atomic mass is 16.5. The molecule has 322 valence electrons. The van der Waals surface area contributed by atoms with Gasteiger partial charge >= 0.3 is 0 Å². The van der Waals surface area contributed by atoms with Crippen LogP contribution < -0.4 is 28.4 Å². The number of carbonyl (C=O) groups excluding carboxylic acids is 4. The third-order valence-electron chi connectivity index (χ3n) is 11.2. The number of rotatable bonds is 16. The molecule has 16 heteroatoms. The fourth-order valence-corrected chi connectivity index (χ4v) is 7.42. The van der Waals surface area contributed by atoms with Gasteiger partial charge in [0.1, 0.15) is 40.8 Å². The third-order valence-corrected chi connectivity index (χ3v) is 11.2. The number of amides is 3. The van der Waals surface area contributed by atoms with E-state index in [4.69, 9.17) is 33.5 Å². The highest BCUT2D eigenvalue weighted by molar-refractivity contribution is 5.92. The predicted octanol–water partition coefficient (Wildman–Crippen LogP) is 2.70. The molecule has 0 aromatic heterocycles. The quantitative estimate of drug-likeness (QED) is 0.141. The molecule has 0 saturated carbocycles. The Balaban J connectivity index is 0.000000196. The number of aldehydes is 1. The third kappa shape index (κ3) is 10.0. The molecule has 3 aromatic rings. The molecule has 3 N–H and O–H groups in total. The van der Waals surface area contributed by atoms with Crippen molar-refractivity contribution in [2.45, 2.75) is 64.6 Å². The van der Waals surface area contributed by atoms with Crippen LogP contribution in [0, 0.1) is 17.8 Å². The zero-order valence-electron chi connectivity index (χ0n) is 35.1. The van der Waals surface area contributed by atoms with Gasteiger partial charge < -0.3 is 63.2 Å². The van der Waals surface area contributed by atoms with Crippen LogP contribution in [0.1, 0.15) is 37.5 Å². The van der Waals surface area contributed by atoms with Gasteiger partial charge in [-0.2, -0.15) is 0 Å². The first kappa shape index (κ1) is 46.1. The summed E-state index contributed by atoms with van der Waals surface area (Å²) in [5.74, 6) is 3.45. The number of methoxy groups -OCH3 is 6. The molecular formula is C43H57N3O13. The molecule has 3 fully saturated rings. The second kappa shape index (κ2) is 20.9. The van der Waals surface area contributed by atoms with Crippen LogP contribution in [0.25, 0.3) is 0 Å². The number of ether oxygens (including phenoxy) is 6. The summed E-state index contributed by atoms with van der Waals surface area (Å²) < 4.78 is 31.3. The number of carbonyl (C=O) groups is 4. The van der Waals surface area contributed by atoms with Crippen LogP contribution in [-0.2, 0) is 38.8 Å². The molecule has 6 rings (SSSR count). The highest BCUT2D eigenvalue weighted by Crippen LogP contribution is 2.35. The monoisotopic (exact) mass is 823 g/mol. The first-order valence-corrected chi connectivity index (χ1v) is 19.2. The molecule has 3 aliphatic heterocycles. The lowest BCUT2D eigenvalue weighted by atomic mass is 9.84. The molecule has 3 aromatic carbocycles. The van der Waals surface area contributed by atoms with Gasteiger partial charge in [-0.25, -0.2) is 0 Å². The van der Waals surface area contributed by atoms with Crippen molar-refractivity contribution >= 4 is 24.0 Å². The van der Waals surface area contributed by atoms with Crippen LogP contribution in [0.3, 0.4) is 0 Å². The Bertz CT molecular complexity index is 1930. The molecular weight excluding hydrogens is 766 g/mol. The zero-order chi connectivity index (χ0) is 43.6. The van der Waals surface area contributed by atoms with Crippen molar-refractivity contribution in [2.24, 2.45) is 17.8 Å². The Morgan fingerprint density at radius 1 is 0.576 bits per heavy atom. The van der Waals surface area contributed by atoms with Gasteiger partial charge in [-0.1, -0.05) is 20.8 Å². The van der Waals surface area contributed by atoms with Gasteiger partial charge in [-0.05, 0) is 36.4 Å². The molecule has 0 aliphatic carbocycles. The van der Waals surface area contributed by atoms with Crippen molar-refractivity contribution in [1.29, 1.82) is 0 Å². The molecule has 3 heterocycles. The van der Waals surface area contributed by atoms with E-state index in [2.05, 4.69) is 0 Å². The molecule has 3 saturated heterocycles. The molecule has 3 aliphatic rings. The van der Waals surface area contributed by atoms with E-state index in [1.165, 1.54) is 0 Å². The van der Waals surface area contributed by atoms with Gasteiger partial charge in [-0.3, -0.25) is 14.4 Å². The number of hydrogen-bond donors (Lipinski definition) is 3. The summed E-state index contributed by atoms with van der Waals surface area (Å²) in [5.41, 5.74) is 2.59. The topological polar surface area (TPSA) is 194 Å². The molecule has 0 spiro atoms. The summed E-state index contributed by atoms with van der Waals surface area (Å²) >= 11 is 0. The Kier molecular flexibility index (Phi) is 16.3. The second-order valence-electron chi connectivity index (χ2n) is 14.4. The molecule has 0 radical (unpaired) electrons. The SMILES string of the molecule is COc1ccc(CN2C(=O)[C@@H](C)[C@H]2C=O)c(OC)c1.COc1ccc(CN2C(=O)[C@@H](C)[C@H]2CO)c(OC)c1.COc1ccc(CN2C(=O)[C@@H](C)[C@H]2[C@@H](O)CO)c(OC)c1. The first-order chi connectivity index (χ1) is 28.3. The van der Waals surface area contributed by atoms with E-state index in [9.17, 15) is 29.4 Å². The van der Waals surface area contributed by atoms with Crippen LogP contribution in [0.2, 0.25) is 0 Å². The number of hydrogen-bond acceptors (Lipinski definition) is 13. The number of aliphatic hydroxyl groups is 3. The normalized spacial score (nSPS) is 22.2. The largest absolute Gasteiger partial charge is 0.497 e. The van der Waals surface area contributed by atoms with E-state index in [1.54, 1.807) is 95.5 Å². The van der Waals surface area contributed by atoms with E-state index >= 15 is 0 Å². The Hall–Kier alpha value is -5.58. The Morgan fingerprint density at radius 3 is 1.34 bits per heavy atom. The summed E-state index contributed by atoms with van der Waals surface area (Å²) in [4.78, 5) is 51.3. The van der Waals surface area contributed by atoms with Crippen LogP contribution in [-0.4, -0.2) is 134 Å². The summed E-state index contributed by atoms with van der Waals surface area (Å²) in [6.07, 6.45) is -0.107. The lowest BCUT2D eigenvalue weighted by Crippen LogP contribution is -2.64. The van der Waals surface area contributed by atoms with Crippen molar-refractivity contribution in [1.82, 2.24) is 14.7 Å². The average molecular weight is 824 g/mol. The van der Waals surface area contributed by atoms with Crippen LogP contribution in [0.4, 0.5) is 0 Å². The first-order valence-electron chi connectivity index (χ1n) is 19.2. The Morgan fingerprint density at radius 2 is 0.966 bits per heavy atom. The van der Waals surface area contributed by atoms with Gasteiger partial charge in [0.15, 0.2) is 0 Å². The fourth-order valence-electron chi connectivity index (χ4n) is 7.42. The maximum Gasteiger partial charge on any atom is 0.228 e. The fraction of sp³-hybridized carbons (Fsp3) is 0.488. The van der Waals surface area contributed by atoms with Gasteiger partial charge in [0.25, 0.3) is 0 Å². The zero-order valence-corrected chi connectivity index (χ0v) is 35.1. The van der Waals surface area contributed by atoms with E-state index < -0.39 is 6.10 Å². The van der Waals surface area contributed by atoms with Crippen molar-refractivity contribution < 1.29 is 62.9 Å². The molecule has 7 atom stereocenters. The minimum Gasteiger partial charge on any atom is -0.497 e. The summed E-state index contributed by atoms with van der Waals surface area (Å²) in [5, 5.41) is 28.2. The number of likely N-dealkylation sites (tertiary alicyclic amines) is 3. The van der Waals surface area contributed by atoms with Gasteiger partial charge in [0, 0.05) is 48.0 Å². The van der Waals surface area contributed by atoms with Crippen LogP contribution >= 0.6 is 0 Å². The predicted molar refractivity (Wildman–Crippen MR) is 215 cm³/mol. The smallest absolute Gasteiger partial charge is 0.228 e. The number of nitrogens with zero attached hydrogens (tertiary/aromatic N) is 3. The van der Waals surface area contributed by atoms with Gasteiger partial charge in [0.05, 0.1) is 104 Å².